The van der Waals surface area contributed by atoms with Crippen molar-refractivity contribution in [2.45, 2.75) is 64.4 Å². The van der Waals surface area contributed by atoms with Gasteiger partial charge in [0.05, 0.1) is 24.1 Å². The van der Waals surface area contributed by atoms with Crippen molar-refractivity contribution >= 4 is 23.6 Å². The number of nitrogens with zero attached hydrogens (tertiary/aromatic N) is 2. The molecule has 0 bridgehead atoms. The van der Waals surface area contributed by atoms with E-state index in [9.17, 15) is 29.4 Å². The number of aliphatic hydroxyl groups is 1. The number of aliphatic hydroxyl groups excluding tert-OH is 1. The highest BCUT2D eigenvalue weighted by Crippen LogP contribution is 2.19. The molecule has 11 heteroatoms. The molecular weight excluding hydrogens is 502 g/mol. The number of pyridine rings is 1. The number of amides is 4. The first-order valence-corrected chi connectivity index (χ1v) is 13.0. The molecule has 2 heterocycles. The minimum Gasteiger partial charge on any atom is -0.505 e. The minimum absolute atomic E-state index is 0.212. The molecule has 1 saturated heterocycles. The SMILES string of the molecule is CC(C)C1NC(=O)[C@H](C)[C@H](O)[C@H](Cc2ccccc2)NC(=O)[C@@H](NC(=O)c2ncccc2O)[C@@H](C)N(C)C1=O. The van der Waals surface area contributed by atoms with E-state index in [0.717, 1.165) is 5.56 Å². The lowest BCUT2D eigenvalue weighted by atomic mass is 9.90. The van der Waals surface area contributed by atoms with Crippen molar-refractivity contribution in [1.82, 2.24) is 25.8 Å². The maximum Gasteiger partial charge on any atom is 0.274 e. The van der Waals surface area contributed by atoms with Gasteiger partial charge in [-0.3, -0.25) is 19.2 Å². The summed E-state index contributed by atoms with van der Waals surface area (Å²) in [6.07, 6.45) is 0.239. The fourth-order valence-corrected chi connectivity index (χ4v) is 4.53. The van der Waals surface area contributed by atoms with Gasteiger partial charge in [-0.15, -0.1) is 0 Å². The van der Waals surface area contributed by atoms with Crippen LogP contribution in [-0.2, 0) is 20.8 Å². The van der Waals surface area contributed by atoms with Crippen LogP contribution in [0.5, 0.6) is 5.75 Å². The summed E-state index contributed by atoms with van der Waals surface area (Å²) in [5, 5.41) is 29.6. The number of carbonyl (C=O) groups excluding carboxylic acids is 4. The van der Waals surface area contributed by atoms with E-state index in [4.69, 9.17) is 0 Å². The fourth-order valence-electron chi connectivity index (χ4n) is 4.53. The maximum absolute atomic E-state index is 13.7. The summed E-state index contributed by atoms with van der Waals surface area (Å²) in [6, 6.07) is 7.95. The van der Waals surface area contributed by atoms with Gasteiger partial charge in [0.2, 0.25) is 17.7 Å². The molecule has 11 nitrogen and oxygen atoms in total. The van der Waals surface area contributed by atoms with Gasteiger partial charge in [0, 0.05) is 13.2 Å². The summed E-state index contributed by atoms with van der Waals surface area (Å²) in [6.45, 7) is 6.69. The summed E-state index contributed by atoms with van der Waals surface area (Å²) < 4.78 is 0. The number of benzene rings is 1. The van der Waals surface area contributed by atoms with Gasteiger partial charge in [0.25, 0.3) is 5.91 Å². The van der Waals surface area contributed by atoms with Crippen LogP contribution in [0.1, 0.15) is 43.7 Å². The van der Waals surface area contributed by atoms with Crippen LogP contribution in [0, 0.1) is 11.8 Å². The predicted octanol–water partition coefficient (Wildman–Crippen LogP) is 0.611. The van der Waals surface area contributed by atoms with Crippen LogP contribution in [0.25, 0.3) is 0 Å². The van der Waals surface area contributed by atoms with Crippen molar-refractivity contribution < 1.29 is 29.4 Å². The molecule has 1 aliphatic rings. The molecule has 1 fully saturated rings. The first-order valence-electron chi connectivity index (χ1n) is 13.0. The quantitative estimate of drug-likeness (QED) is 0.372. The van der Waals surface area contributed by atoms with Crippen LogP contribution in [-0.4, -0.2) is 81.0 Å². The van der Waals surface area contributed by atoms with Gasteiger partial charge < -0.3 is 31.1 Å². The second-order valence-electron chi connectivity index (χ2n) is 10.3. The summed E-state index contributed by atoms with van der Waals surface area (Å²) in [7, 11) is 1.49. The van der Waals surface area contributed by atoms with Crippen molar-refractivity contribution in [3.63, 3.8) is 0 Å². The third-order valence-electron chi connectivity index (χ3n) is 7.21. The number of hydrogen-bond acceptors (Lipinski definition) is 7. The lowest BCUT2D eigenvalue weighted by Crippen LogP contribution is -2.64. The Morgan fingerprint density at radius 3 is 2.33 bits per heavy atom. The largest absolute Gasteiger partial charge is 0.505 e. The standard InChI is InChI=1S/C28H37N5O6/c1-15(2)21-28(39)33(5)17(4)22(32-27(38)23-20(34)12-9-13-29-23)26(37)30-19(14-18-10-7-6-8-11-18)24(35)16(3)25(36)31-21/h6-13,15-17,19,21-22,24,34-35H,14H2,1-5H3,(H,30,37)(H,31,36)(H,32,38)/t16-,17-,19+,21?,22+,24+/m1/s1. The van der Waals surface area contributed by atoms with Crippen molar-refractivity contribution in [3.8, 4) is 5.75 Å². The van der Waals surface area contributed by atoms with Crippen molar-refractivity contribution in [2.75, 3.05) is 7.05 Å². The molecule has 1 unspecified atom stereocenters. The molecule has 4 amide bonds. The number of aromatic hydroxyl groups is 1. The van der Waals surface area contributed by atoms with E-state index in [1.807, 2.05) is 30.3 Å². The summed E-state index contributed by atoms with van der Waals surface area (Å²) >= 11 is 0. The van der Waals surface area contributed by atoms with E-state index in [1.54, 1.807) is 20.8 Å². The average molecular weight is 540 g/mol. The molecular formula is C28H37N5O6. The second-order valence-corrected chi connectivity index (χ2v) is 10.3. The van der Waals surface area contributed by atoms with Gasteiger partial charge in [-0.05, 0) is 37.0 Å². The Labute approximate surface area is 228 Å². The molecule has 0 spiro atoms. The van der Waals surface area contributed by atoms with Gasteiger partial charge in [0.15, 0.2) is 5.69 Å². The van der Waals surface area contributed by atoms with E-state index < -0.39 is 59.8 Å². The number of carbonyl (C=O) groups is 4. The average Bonchev–Trinajstić information content (AvgIpc) is 2.92. The summed E-state index contributed by atoms with van der Waals surface area (Å²) in [4.78, 5) is 58.6. The molecule has 210 valence electrons. The van der Waals surface area contributed by atoms with E-state index in [1.165, 1.54) is 37.2 Å². The fraction of sp³-hybridized carbons (Fsp3) is 0.464. The number of hydrogen-bond donors (Lipinski definition) is 5. The van der Waals surface area contributed by atoms with Crippen LogP contribution >= 0.6 is 0 Å². The number of nitrogens with one attached hydrogen (secondary N) is 3. The van der Waals surface area contributed by atoms with Gasteiger partial charge in [-0.1, -0.05) is 51.1 Å². The molecule has 6 atom stereocenters. The number of aromatic nitrogens is 1. The number of rotatable bonds is 5. The van der Waals surface area contributed by atoms with Crippen molar-refractivity contribution in [2.24, 2.45) is 11.8 Å². The van der Waals surface area contributed by atoms with Gasteiger partial charge in [-0.25, -0.2) is 4.98 Å². The predicted molar refractivity (Wildman–Crippen MR) is 143 cm³/mol. The Morgan fingerprint density at radius 2 is 1.72 bits per heavy atom. The van der Waals surface area contributed by atoms with Crippen LogP contribution in [0.3, 0.4) is 0 Å². The minimum atomic E-state index is -1.30. The van der Waals surface area contributed by atoms with E-state index in [-0.39, 0.29) is 23.8 Å². The van der Waals surface area contributed by atoms with Gasteiger partial charge in [-0.2, -0.15) is 0 Å². The topological polar surface area (TPSA) is 161 Å². The molecule has 3 rings (SSSR count). The van der Waals surface area contributed by atoms with Gasteiger partial charge in [0.1, 0.15) is 17.8 Å². The zero-order valence-corrected chi connectivity index (χ0v) is 22.8. The van der Waals surface area contributed by atoms with E-state index in [0.29, 0.717) is 0 Å². The highest BCUT2D eigenvalue weighted by Gasteiger charge is 2.40. The maximum atomic E-state index is 13.7. The molecule has 2 aromatic rings. The molecule has 0 aliphatic carbocycles. The number of likely N-dealkylation sites (N-methyl/N-ethyl adjacent to an activating group) is 1. The first-order chi connectivity index (χ1) is 18.4. The summed E-state index contributed by atoms with van der Waals surface area (Å²) in [5.74, 6) is -4.07. The molecule has 0 radical (unpaired) electrons. The smallest absolute Gasteiger partial charge is 0.274 e. The molecule has 0 saturated carbocycles. The molecule has 1 aromatic carbocycles. The van der Waals surface area contributed by atoms with Crippen LogP contribution in [0.4, 0.5) is 0 Å². The highest BCUT2D eigenvalue weighted by molar-refractivity contribution is 5.98. The summed E-state index contributed by atoms with van der Waals surface area (Å²) in [5.41, 5.74) is 0.542. The Bertz CT molecular complexity index is 1190. The molecule has 5 N–H and O–H groups in total. The Balaban J connectivity index is 2.04. The second kappa shape index (κ2) is 12.7. The lowest BCUT2D eigenvalue weighted by molar-refractivity contribution is -0.142. The van der Waals surface area contributed by atoms with E-state index >= 15 is 0 Å². The molecule has 1 aliphatic heterocycles. The van der Waals surface area contributed by atoms with Crippen LogP contribution in [0.15, 0.2) is 48.7 Å². The highest BCUT2D eigenvalue weighted by atomic mass is 16.3. The van der Waals surface area contributed by atoms with Crippen molar-refractivity contribution in [3.05, 3.63) is 59.9 Å². The third kappa shape index (κ3) is 6.91. The van der Waals surface area contributed by atoms with Crippen LogP contribution in [0.2, 0.25) is 0 Å². The monoisotopic (exact) mass is 539 g/mol. The normalized spacial score (nSPS) is 26.7. The van der Waals surface area contributed by atoms with Crippen LogP contribution < -0.4 is 16.0 Å². The lowest BCUT2D eigenvalue weighted by Gasteiger charge is -2.38. The zero-order valence-electron chi connectivity index (χ0n) is 22.8. The first kappa shape index (κ1) is 29.6. The Kier molecular flexibility index (Phi) is 9.63. The zero-order chi connectivity index (χ0) is 28.9. The molecule has 39 heavy (non-hydrogen) atoms. The van der Waals surface area contributed by atoms with Crippen molar-refractivity contribution in [1.29, 1.82) is 0 Å². The molecule has 1 aromatic heterocycles. The van der Waals surface area contributed by atoms with Gasteiger partial charge >= 0.3 is 0 Å². The Morgan fingerprint density at radius 1 is 1.05 bits per heavy atom. The third-order valence-corrected chi connectivity index (χ3v) is 7.21. The Hall–Kier alpha value is -3.99. The van der Waals surface area contributed by atoms with E-state index in [2.05, 4.69) is 20.9 Å².